The van der Waals surface area contributed by atoms with Gasteiger partial charge in [0.2, 0.25) is 5.91 Å². The van der Waals surface area contributed by atoms with Crippen LogP contribution in [0.15, 0.2) is 24.5 Å². The van der Waals surface area contributed by atoms with Crippen molar-refractivity contribution in [3.05, 3.63) is 46.8 Å². The number of H-pyrrole nitrogens is 1. The van der Waals surface area contributed by atoms with Crippen LogP contribution in [0.1, 0.15) is 53.1 Å². The Hall–Kier alpha value is -3.01. The molecule has 2 N–H and O–H groups in total. The first-order valence-electron chi connectivity index (χ1n) is 11.3. The summed E-state index contributed by atoms with van der Waals surface area (Å²) in [4.78, 5) is 48.2. The predicted molar refractivity (Wildman–Crippen MR) is 120 cm³/mol. The first kappa shape index (κ1) is 22.8. The number of hydrogen-bond acceptors (Lipinski definition) is 4. The van der Waals surface area contributed by atoms with Gasteiger partial charge in [0, 0.05) is 12.6 Å². The predicted octanol–water partition coefficient (Wildman–Crippen LogP) is 3.09. The highest BCUT2D eigenvalue weighted by Crippen LogP contribution is 2.47. The molecule has 1 saturated carbocycles. The molecule has 8 nitrogen and oxygen atoms in total. The molecule has 0 bridgehead atoms. The van der Waals surface area contributed by atoms with Crippen molar-refractivity contribution >= 4 is 35.0 Å². The number of aromatic amines is 1. The number of nitrogens with zero attached hydrogens (tertiary/aromatic N) is 3. The molecule has 1 spiro atoms. The van der Waals surface area contributed by atoms with E-state index in [4.69, 9.17) is 11.6 Å². The van der Waals surface area contributed by atoms with Crippen molar-refractivity contribution in [3.63, 3.8) is 0 Å². The van der Waals surface area contributed by atoms with Crippen molar-refractivity contribution in [2.24, 2.45) is 5.41 Å². The summed E-state index contributed by atoms with van der Waals surface area (Å²) in [5, 5.41) is 3.14. The molecular formula is C23H24ClF2N5O3. The lowest BCUT2D eigenvalue weighted by Crippen LogP contribution is -2.52. The highest BCUT2D eigenvalue weighted by Gasteiger charge is 2.49. The zero-order valence-electron chi connectivity index (χ0n) is 18.3. The molecular weight excluding hydrogens is 468 g/mol. The van der Waals surface area contributed by atoms with Gasteiger partial charge in [-0.25, -0.2) is 13.8 Å². The van der Waals surface area contributed by atoms with Crippen LogP contribution in [0.4, 0.5) is 14.5 Å². The fourth-order valence-electron chi connectivity index (χ4n) is 5.16. The number of nitrogens with one attached hydrogen (secondary N) is 2. The fraction of sp³-hybridized carbons (Fsp3) is 0.478. The summed E-state index contributed by atoms with van der Waals surface area (Å²) >= 11 is 6.17. The summed E-state index contributed by atoms with van der Waals surface area (Å²) < 4.78 is 26.5. The van der Waals surface area contributed by atoms with Crippen LogP contribution in [0.2, 0.25) is 5.02 Å². The van der Waals surface area contributed by atoms with Gasteiger partial charge < -0.3 is 20.1 Å². The number of imidazole rings is 1. The smallest absolute Gasteiger partial charge is 0.275 e. The molecule has 1 aromatic carbocycles. The van der Waals surface area contributed by atoms with Crippen LogP contribution in [-0.4, -0.2) is 64.4 Å². The molecule has 0 atom stereocenters. The maximum Gasteiger partial charge on any atom is 0.275 e. The van der Waals surface area contributed by atoms with Crippen LogP contribution in [0, 0.1) is 11.2 Å². The molecule has 1 aromatic heterocycles. The molecule has 3 amide bonds. The van der Waals surface area contributed by atoms with E-state index in [0.717, 1.165) is 0 Å². The van der Waals surface area contributed by atoms with Gasteiger partial charge in [-0.3, -0.25) is 14.4 Å². The Morgan fingerprint density at radius 3 is 2.62 bits per heavy atom. The Kier molecular flexibility index (Phi) is 5.79. The molecule has 0 unspecified atom stereocenters. The molecule has 11 heteroatoms. The first-order valence-corrected chi connectivity index (χ1v) is 11.7. The number of aromatic nitrogens is 2. The van der Waals surface area contributed by atoms with Gasteiger partial charge in [0.15, 0.2) is 5.69 Å². The molecule has 2 saturated heterocycles. The highest BCUT2D eigenvalue weighted by atomic mass is 35.5. The Labute approximate surface area is 199 Å². The lowest BCUT2D eigenvalue weighted by atomic mass is 9.71. The van der Waals surface area contributed by atoms with Crippen molar-refractivity contribution in [3.8, 4) is 0 Å². The van der Waals surface area contributed by atoms with Gasteiger partial charge in [-0.15, -0.1) is 0 Å². The third kappa shape index (κ3) is 3.93. The molecule has 34 heavy (non-hydrogen) atoms. The van der Waals surface area contributed by atoms with E-state index in [2.05, 4.69) is 15.3 Å². The van der Waals surface area contributed by atoms with Gasteiger partial charge >= 0.3 is 0 Å². The zero-order valence-corrected chi connectivity index (χ0v) is 19.1. The maximum absolute atomic E-state index is 13.4. The number of rotatable bonds is 4. The quantitative estimate of drug-likeness (QED) is 0.686. The molecule has 3 heterocycles. The van der Waals surface area contributed by atoms with Crippen molar-refractivity contribution < 1.29 is 23.2 Å². The van der Waals surface area contributed by atoms with Crippen LogP contribution in [0.3, 0.4) is 0 Å². The van der Waals surface area contributed by atoms with Crippen molar-refractivity contribution in [1.82, 2.24) is 20.2 Å². The number of amides is 3. The lowest BCUT2D eigenvalue weighted by Gasteiger charge is -2.36. The van der Waals surface area contributed by atoms with Crippen LogP contribution >= 0.6 is 11.6 Å². The van der Waals surface area contributed by atoms with Gasteiger partial charge in [-0.1, -0.05) is 11.6 Å². The number of carbonyl (C=O) groups is 3. The third-order valence-corrected chi connectivity index (χ3v) is 7.49. The molecule has 2 aromatic rings. The van der Waals surface area contributed by atoms with Gasteiger partial charge in [-0.2, -0.15) is 0 Å². The van der Waals surface area contributed by atoms with Crippen molar-refractivity contribution in [2.45, 2.75) is 44.3 Å². The number of carbonyl (C=O) groups excluding carboxylic acids is 3. The second kappa shape index (κ2) is 8.65. The summed E-state index contributed by atoms with van der Waals surface area (Å²) in [5.74, 6) is -1.39. The monoisotopic (exact) mass is 491 g/mol. The van der Waals surface area contributed by atoms with E-state index in [1.807, 2.05) is 0 Å². The first-order chi connectivity index (χ1) is 16.3. The molecule has 5 rings (SSSR count). The average Bonchev–Trinajstić information content (AvgIpc) is 3.39. The standard InChI is InChI=1S/C23H24ClF2N5O3/c24-16-9-13(25)1-2-17(16)31-8-7-23(22(31)34)5-3-15(4-6-23)29-20(32)18-19(28-12-27-18)21(33)30-10-14(26)11-30/h1-2,9,12,14-15H,3-8,10-11H2,(H,27,28)(H,29,32)/t15-,23+. The lowest BCUT2D eigenvalue weighted by molar-refractivity contribution is -0.127. The number of likely N-dealkylation sites (tertiary alicyclic amines) is 1. The van der Waals surface area contributed by atoms with Crippen LogP contribution in [0.5, 0.6) is 0 Å². The van der Waals surface area contributed by atoms with E-state index in [-0.39, 0.29) is 41.4 Å². The number of alkyl halides is 1. The summed E-state index contributed by atoms with van der Waals surface area (Å²) in [6.07, 6.45) is 3.33. The number of hydrogen-bond donors (Lipinski definition) is 2. The normalized spacial score (nSPS) is 25.0. The number of benzene rings is 1. The summed E-state index contributed by atoms with van der Waals surface area (Å²) in [6, 6.07) is 3.86. The molecule has 3 fully saturated rings. The summed E-state index contributed by atoms with van der Waals surface area (Å²) in [5.41, 5.74) is 0.0308. The van der Waals surface area contributed by atoms with Gasteiger partial charge in [0.1, 0.15) is 17.7 Å². The van der Waals surface area contributed by atoms with Gasteiger partial charge in [-0.05, 0) is 50.3 Å². The maximum atomic E-state index is 13.4. The van der Waals surface area contributed by atoms with Gasteiger partial charge in [0.25, 0.3) is 11.8 Å². The number of halogens is 3. The highest BCUT2D eigenvalue weighted by molar-refractivity contribution is 6.34. The van der Waals surface area contributed by atoms with E-state index >= 15 is 0 Å². The van der Waals surface area contributed by atoms with Gasteiger partial charge in [0.05, 0.1) is 35.5 Å². The van der Waals surface area contributed by atoms with E-state index in [0.29, 0.717) is 44.3 Å². The van der Waals surface area contributed by atoms with E-state index in [9.17, 15) is 23.2 Å². The summed E-state index contributed by atoms with van der Waals surface area (Å²) in [6.45, 7) is 0.522. The van der Waals surface area contributed by atoms with Crippen molar-refractivity contribution in [2.75, 3.05) is 24.5 Å². The second-order valence-electron chi connectivity index (χ2n) is 9.26. The average molecular weight is 492 g/mol. The topological polar surface area (TPSA) is 98.4 Å². The minimum atomic E-state index is -1.04. The Morgan fingerprint density at radius 1 is 1.21 bits per heavy atom. The van der Waals surface area contributed by atoms with Crippen LogP contribution < -0.4 is 10.2 Å². The van der Waals surface area contributed by atoms with E-state index in [1.165, 1.54) is 29.4 Å². The van der Waals surface area contributed by atoms with Crippen molar-refractivity contribution in [1.29, 1.82) is 0 Å². The van der Waals surface area contributed by atoms with E-state index in [1.54, 1.807) is 4.90 Å². The Bertz CT molecular complexity index is 1140. The molecule has 3 aliphatic rings. The second-order valence-corrected chi connectivity index (χ2v) is 9.67. The minimum Gasteiger partial charge on any atom is -0.348 e. The van der Waals surface area contributed by atoms with Crippen LogP contribution in [-0.2, 0) is 4.79 Å². The molecule has 2 aliphatic heterocycles. The SMILES string of the molecule is O=C(N[C@H]1CC[C@]2(CCN(c3ccc(F)cc3Cl)C2=O)CC1)c1[nH]cnc1C(=O)N1CC(F)C1. The Balaban J connectivity index is 1.20. The summed E-state index contributed by atoms with van der Waals surface area (Å²) in [7, 11) is 0. The third-order valence-electron chi connectivity index (χ3n) is 7.18. The largest absolute Gasteiger partial charge is 0.348 e. The Morgan fingerprint density at radius 2 is 1.94 bits per heavy atom. The molecule has 0 radical (unpaired) electrons. The van der Waals surface area contributed by atoms with E-state index < -0.39 is 29.2 Å². The zero-order chi connectivity index (χ0) is 24.0. The minimum absolute atomic E-state index is 0.00560. The number of anilines is 1. The van der Waals surface area contributed by atoms with Crippen LogP contribution in [0.25, 0.3) is 0 Å². The fourth-order valence-corrected chi connectivity index (χ4v) is 5.43. The molecule has 180 valence electrons. The molecule has 1 aliphatic carbocycles.